The van der Waals surface area contributed by atoms with Gasteiger partial charge in [0.2, 0.25) is 17.7 Å². The zero-order valence-electron chi connectivity index (χ0n) is 30.7. The molecule has 54 heavy (non-hydrogen) atoms. The van der Waals surface area contributed by atoms with E-state index in [1.54, 1.807) is 64.1 Å². The van der Waals surface area contributed by atoms with Crippen LogP contribution in [0.3, 0.4) is 0 Å². The molecular weight excluding hydrogens is 722 g/mol. The maximum atomic E-state index is 14.0. The van der Waals surface area contributed by atoms with Crippen LogP contribution in [0.25, 0.3) is 11.0 Å². The number of aryl methyl sites for hydroxylation is 1. The average molecular weight is 770 g/mol. The van der Waals surface area contributed by atoms with Gasteiger partial charge in [-0.2, -0.15) is 0 Å². The van der Waals surface area contributed by atoms with Crippen molar-refractivity contribution in [2.45, 2.75) is 90.1 Å². The lowest BCUT2D eigenvalue weighted by Crippen LogP contribution is -2.56. The van der Waals surface area contributed by atoms with Crippen LogP contribution in [0.15, 0.2) is 68.8 Å². The third-order valence-electron chi connectivity index (χ3n) is 8.24. The van der Waals surface area contributed by atoms with E-state index in [1.807, 2.05) is 6.07 Å². The summed E-state index contributed by atoms with van der Waals surface area (Å²) in [6.45, 7) is 7.04. The average Bonchev–Trinajstić information content (AvgIpc) is 3.57. The van der Waals surface area contributed by atoms with Gasteiger partial charge in [-0.3, -0.25) is 24.2 Å². The Morgan fingerprint density at radius 1 is 1.02 bits per heavy atom. The number of ether oxygens (including phenoxy) is 2. The molecule has 1 saturated heterocycles. The first-order valence-corrected chi connectivity index (χ1v) is 17.3. The number of anilines is 1. The molecule has 0 saturated carbocycles. The zero-order chi connectivity index (χ0) is 38.7. The molecule has 2 heterocycles. The van der Waals surface area contributed by atoms with Gasteiger partial charge in [-0.25, -0.2) is 9.59 Å². The number of benzene rings is 2. The van der Waals surface area contributed by atoms with Crippen LogP contribution >= 0.6 is 12.4 Å². The smallest absolute Gasteiger partial charge is 0.408 e. The molecule has 1 aliphatic rings. The number of hydrogen-bond donors (Lipinski definition) is 5. The summed E-state index contributed by atoms with van der Waals surface area (Å²) in [7, 11) is 0. The number of nitrogens with zero attached hydrogens (tertiary/aromatic N) is 2. The summed E-state index contributed by atoms with van der Waals surface area (Å²) in [6, 6.07) is 11.7. The lowest BCUT2D eigenvalue weighted by molar-refractivity contribution is -0.149. The van der Waals surface area contributed by atoms with Crippen molar-refractivity contribution in [3.63, 3.8) is 0 Å². The van der Waals surface area contributed by atoms with Gasteiger partial charge in [0, 0.05) is 36.3 Å². The van der Waals surface area contributed by atoms with Crippen molar-refractivity contribution in [1.29, 1.82) is 0 Å². The molecule has 4 rings (SSSR count). The number of amides is 4. The number of carbonyl (C=O) groups excluding carboxylic acids is 5. The molecule has 1 aliphatic heterocycles. The van der Waals surface area contributed by atoms with Crippen LogP contribution in [-0.4, -0.2) is 77.5 Å². The van der Waals surface area contributed by atoms with Crippen molar-refractivity contribution >= 4 is 64.8 Å². The van der Waals surface area contributed by atoms with Gasteiger partial charge >= 0.3 is 17.7 Å². The van der Waals surface area contributed by atoms with Crippen LogP contribution in [0.2, 0.25) is 0 Å². The Kier molecular flexibility index (Phi) is 15.4. The highest BCUT2D eigenvalue weighted by Gasteiger charge is 2.40. The van der Waals surface area contributed by atoms with Crippen molar-refractivity contribution in [3.8, 4) is 0 Å². The first-order chi connectivity index (χ1) is 25.1. The lowest BCUT2D eigenvalue weighted by atomic mass is 10.1. The molecular formula is C37H48ClN7O9. The predicted molar refractivity (Wildman–Crippen MR) is 204 cm³/mol. The molecule has 3 unspecified atom stereocenters. The first-order valence-electron chi connectivity index (χ1n) is 17.3. The Hall–Kier alpha value is -5.64. The quantitative estimate of drug-likeness (QED) is 0.0525. The summed E-state index contributed by atoms with van der Waals surface area (Å²) in [4.78, 5) is 84.3. The SMILES string of the molecule is Cc1cc(=O)oc2cc(NC(=O)C(CCCN=C(N)N)NC(=O)C3CCCN3C(=O)C(CC(=O)OCc3ccccc3)NC(=O)OC(C)(C)C)ccc12.Cl. The number of carbonyl (C=O) groups is 5. The first kappa shape index (κ1) is 42.8. The fourth-order valence-electron chi connectivity index (χ4n) is 5.79. The highest BCUT2D eigenvalue weighted by molar-refractivity contribution is 6.00. The molecule has 0 radical (unpaired) electrons. The van der Waals surface area contributed by atoms with Gasteiger partial charge in [-0.05, 0) is 76.6 Å². The van der Waals surface area contributed by atoms with Gasteiger partial charge in [0.1, 0.15) is 35.9 Å². The molecule has 0 aliphatic carbocycles. The van der Waals surface area contributed by atoms with Crippen molar-refractivity contribution in [2.75, 3.05) is 18.4 Å². The number of alkyl carbamates (subject to hydrolysis) is 1. The molecule has 17 heteroatoms. The Morgan fingerprint density at radius 3 is 2.43 bits per heavy atom. The second-order valence-electron chi connectivity index (χ2n) is 13.7. The number of hydrogen-bond acceptors (Lipinski definition) is 10. The van der Waals surface area contributed by atoms with Crippen LogP contribution in [0, 0.1) is 6.92 Å². The summed E-state index contributed by atoms with van der Waals surface area (Å²) in [5.74, 6) is -2.74. The maximum absolute atomic E-state index is 14.0. The summed E-state index contributed by atoms with van der Waals surface area (Å²) in [5.41, 5.74) is 11.5. The van der Waals surface area contributed by atoms with E-state index in [1.165, 1.54) is 17.0 Å². The topological polar surface area (TPSA) is 238 Å². The van der Waals surface area contributed by atoms with E-state index in [0.717, 1.165) is 5.56 Å². The van der Waals surface area contributed by atoms with Crippen LogP contribution in [0.4, 0.5) is 10.5 Å². The Labute approximate surface area is 318 Å². The minimum atomic E-state index is -1.41. The molecule has 16 nitrogen and oxygen atoms in total. The van der Waals surface area contributed by atoms with Gasteiger partial charge < -0.3 is 46.2 Å². The minimum Gasteiger partial charge on any atom is -0.461 e. The molecule has 1 aromatic heterocycles. The number of likely N-dealkylation sites (tertiary alicyclic amines) is 1. The van der Waals surface area contributed by atoms with E-state index in [9.17, 15) is 28.8 Å². The predicted octanol–water partition coefficient (Wildman–Crippen LogP) is 3.02. The standard InChI is InChI=1S/C37H47N7O9.ClH/c1-22-18-31(46)52-29-19-24(14-15-25(22)29)41-32(47)26(12-8-16-40-35(38)39)42-33(48)28-13-9-17-44(28)34(49)27(43-36(50)53-37(2,3)4)20-30(45)51-21-23-10-6-5-7-11-23;/h5-7,10-11,14-15,18-19,26-28H,8-9,12-13,16-17,20-21H2,1-4H3,(H,41,47)(H,42,48)(H,43,50)(H4,38,39,40);1H. The number of nitrogens with two attached hydrogens (primary N) is 2. The van der Waals surface area contributed by atoms with Crippen LogP contribution in [-0.2, 0) is 35.3 Å². The maximum Gasteiger partial charge on any atom is 0.408 e. The molecule has 1 fully saturated rings. The van der Waals surface area contributed by atoms with E-state index >= 15 is 0 Å². The van der Waals surface area contributed by atoms with Gasteiger partial charge in [0.05, 0.1) is 6.42 Å². The molecule has 0 spiro atoms. The lowest BCUT2D eigenvalue weighted by Gasteiger charge is -2.30. The molecule has 0 bridgehead atoms. The minimum absolute atomic E-state index is 0. The zero-order valence-corrected chi connectivity index (χ0v) is 31.5. The number of aliphatic imine (C=N–C) groups is 1. The molecule has 3 aromatic rings. The second-order valence-corrected chi connectivity index (χ2v) is 13.7. The van der Waals surface area contributed by atoms with Crippen molar-refractivity contribution in [2.24, 2.45) is 16.5 Å². The van der Waals surface area contributed by atoms with Crippen molar-refractivity contribution < 1.29 is 37.9 Å². The number of nitrogens with one attached hydrogen (secondary N) is 3. The fraction of sp³-hybridized carbons (Fsp3) is 0.432. The van der Waals surface area contributed by atoms with Gasteiger partial charge in [-0.15, -0.1) is 12.4 Å². The highest BCUT2D eigenvalue weighted by Crippen LogP contribution is 2.23. The monoisotopic (exact) mass is 769 g/mol. The molecule has 3 atom stereocenters. The Morgan fingerprint density at radius 2 is 1.74 bits per heavy atom. The summed E-state index contributed by atoms with van der Waals surface area (Å²) in [5, 5.41) is 8.70. The van der Waals surface area contributed by atoms with E-state index in [-0.39, 0.29) is 56.5 Å². The summed E-state index contributed by atoms with van der Waals surface area (Å²) >= 11 is 0. The number of guanidine groups is 1. The normalized spacial score (nSPS) is 14.9. The Balaban J connectivity index is 0.00000784. The van der Waals surface area contributed by atoms with Crippen LogP contribution in [0.1, 0.15) is 64.0 Å². The van der Waals surface area contributed by atoms with Crippen molar-refractivity contribution in [1.82, 2.24) is 15.5 Å². The fourth-order valence-corrected chi connectivity index (χ4v) is 5.79. The molecule has 292 valence electrons. The summed E-state index contributed by atoms with van der Waals surface area (Å²) in [6.07, 6.45) is -0.273. The third kappa shape index (κ3) is 12.8. The second kappa shape index (κ2) is 19.4. The molecule has 2 aromatic carbocycles. The van der Waals surface area contributed by atoms with E-state index < -0.39 is 65.6 Å². The third-order valence-corrected chi connectivity index (χ3v) is 8.24. The van der Waals surface area contributed by atoms with E-state index in [4.69, 9.17) is 25.4 Å². The summed E-state index contributed by atoms with van der Waals surface area (Å²) < 4.78 is 16.0. The van der Waals surface area contributed by atoms with Crippen LogP contribution < -0.4 is 33.0 Å². The van der Waals surface area contributed by atoms with Gasteiger partial charge in [-0.1, -0.05) is 30.3 Å². The van der Waals surface area contributed by atoms with Crippen LogP contribution in [0.5, 0.6) is 0 Å². The number of fused-ring (bicyclic) bond motifs is 1. The van der Waals surface area contributed by atoms with Gasteiger partial charge in [0.25, 0.3) is 0 Å². The van der Waals surface area contributed by atoms with Crippen molar-refractivity contribution in [3.05, 3.63) is 76.1 Å². The molecule has 4 amide bonds. The number of esters is 1. The number of halogens is 1. The number of rotatable bonds is 14. The molecule has 7 N–H and O–H groups in total. The van der Waals surface area contributed by atoms with Gasteiger partial charge in [0.15, 0.2) is 5.96 Å². The van der Waals surface area contributed by atoms with E-state index in [2.05, 4.69) is 20.9 Å². The van der Waals surface area contributed by atoms with E-state index in [0.29, 0.717) is 29.5 Å². The highest BCUT2D eigenvalue weighted by atomic mass is 35.5. The Bertz CT molecular complexity index is 1890. The largest absolute Gasteiger partial charge is 0.461 e.